The van der Waals surface area contributed by atoms with Crippen LogP contribution < -0.4 is 5.32 Å². The predicted molar refractivity (Wildman–Crippen MR) is 171 cm³/mol. The lowest BCUT2D eigenvalue weighted by atomic mass is 9.65. The fourth-order valence-electron chi connectivity index (χ4n) is 7.19. The molecule has 0 spiro atoms. The van der Waals surface area contributed by atoms with Gasteiger partial charge in [0.05, 0.1) is 11.0 Å². The molecule has 1 aliphatic heterocycles. The number of likely N-dealkylation sites (tertiary alicyclic amines) is 1. The van der Waals surface area contributed by atoms with Crippen LogP contribution in [-0.4, -0.2) is 77.8 Å². The lowest BCUT2D eigenvalue weighted by Crippen LogP contribution is -2.50. The Hall–Kier alpha value is -2.97. The number of nitrogens with zero attached hydrogens (tertiary/aromatic N) is 3. The molecule has 0 bridgehead atoms. The second-order valence-corrected chi connectivity index (χ2v) is 13.8. The number of alkyl carbamates (subject to hydrolysis) is 1. The summed E-state index contributed by atoms with van der Waals surface area (Å²) >= 11 is 0. The number of fused-ring (bicyclic) bond motifs is 2. The highest BCUT2D eigenvalue weighted by molar-refractivity contribution is 5.75. The molecule has 1 saturated heterocycles. The predicted octanol–water partition coefficient (Wildman–Crippen LogP) is 6.64. The summed E-state index contributed by atoms with van der Waals surface area (Å²) in [6, 6.07) is 13.3. The number of carbonyl (C=O) groups excluding carboxylic acids is 1. The minimum atomic E-state index is -0.667. The maximum absolute atomic E-state index is 14.2. The topological polar surface area (TPSA) is 73.5 Å². The summed E-state index contributed by atoms with van der Waals surface area (Å²) in [5, 5.41) is 3.05. The van der Waals surface area contributed by atoms with Crippen molar-refractivity contribution in [3.63, 3.8) is 0 Å². The van der Waals surface area contributed by atoms with E-state index < -0.39 is 5.60 Å². The van der Waals surface area contributed by atoms with Gasteiger partial charge in [-0.25, -0.2) is 14.2 Å². The summed E-state index contributed by atoms with van der Waals surface area (Å²) in [6.07, 6.45) is 5.14. The van der Waals surface area contributed by atoms with E-state index in [0.717, 1.165) is 67.1 Å². The molecular formula is C35H50FN5O2. The second-order valence-electron chi connectivity index (χ2n) is 13.8. The van der Waals surface area contributed by atoms with E-state index in [9.17, 15) is 9.18 Å². The van der Waals surface area contributed by atoms with Crippen molar-refractivity contribution in [2.45, 2.75) is 83.2 Å². The number of rotatable bonds is 12. The average Bonchev–Trinajstić information content (AvgIpc) is 3.65. The number of halogens is 1. The number of para-hydroxylation sites is 2. The van der Waals surface area contributed by atoms with Gasteiger partial charge in [-0.3, -0.25) is 0 Å². The molecule has 234 valence electrons. The van der Waals surface area contributed by atoms with E-state index >= 15 is 0 Å². The van der Waals surface area contributed by atoms with Crippen LogP contribution in [0, 0.1) is 11.7 Å². The first-order valence-corrected chi connectivity index (χ1v) is 16.2. The molecule has 2 heterocycles. The first-order chi connectivity index (χ1) is 20.6. The number of carbonyl (C=O) groups is 1. The van der Waals surface area contributed by atoms with Gasteiger partial charge in [-0.1, -0.05) is 45.9 Å². The molecule has 5 rings (SSSR count). The smallest absolute Gasteiger partial charge is 0.407 e. The van der Waals surface area contributed by atoms with Crippen molar-refractivity contribution in [1.29, 1.82) is 0 Å². The Morgan fingerprint density at radius 2 is 1.98 bits per heavy atom. The van der Waals surface area contributed by atoms with Gasteiger partial charge in [0.15, 0.2) is 0 Å². The summed E-state index contributed by atoms with van der Waals surface area (Å²) in [4.78, 5) is 26.4. The van der Waals surface area contributed by atoms with Crippen molar-refractivity contribution in [2.75, 3.05) is 46.3 Å². The van der Waals surface area contributed by atoms with Crippen LogP contribution >= 0.6 is 0 Å². The van der Waals surface area contributed by atoms with E-state index in [1.807, 2.05) is 24.3 Å². The fraction of sp³-hybridized carbons (Fsp3) is 0.600. The van der Waals surface area contributed by atoms with Gasteiger partial charge >= 0.3 is 6.09 Å². The Morgan fingerprint density at radius 1 is 1.21 bits per heavy atom. The molecule has 2 N–H and O–H groups in total. The van der Waals surface area contributed by atoms with Crippen LogP contribution in [0.3, 0.4) is 0 Å². The number of hydrogen-bond donors (Lipinski definition) is 2. The quantitative estimate of drug-likeness (QED) is 0.247. The van der Waals surface area contributed by atoms with Crippen molar-refractivity contribution in [3.05, 3.63) is 65.2 Å². The van der Waals surface area contributed by atoms with Crippen LogP contribution in [0.2, 0.25) is 0 Å². The van der Waals surface area contributed by atoms with Gasteiger partial charge in [0.1, 0.15) is 17.2 Å². The van der Waals surface area contributed by atoms with Gasteiger partial charge in [0.2, 0.25) is 0 Å². The molecule has 0 radical (unpaired) electrons. The summed E-state index contributed by atoms with van der Waals surface area (Å²) in [7, 11) is 2.15. The van der Waals surface area contributed by atoms with Gasteiger partial charge in [-0.2, -0.15) is 0 Å². The molecule has 2 aliphatic rings. The highest BCUT2D eigenvalue weighted by Gasteiger charge is 2.48. The summed E-state index contributed by atoms with van der Waals surface area (Å²) < 4.78 is 20.7. The number of hydrogen-bond acceptors (Lipinski definition) is 5. The summed E-state index contributed by atoms with van der Waals surface area (Å²) in [5.74, 6) is 1.01. The van der Waals surface area contributed by atoms with Crippen molar-refractivity contribution >= 4 is 17.1 Å². The van der Waals surface area contributed by atoms with Crippen LogP contribution in [0.25, 0.3) is 11.0 Å². The number of H-pyrrole nitrogens is 1. The van der Waals surface area contributed by atoms with Crippen molar-refractivity contribution in [3.8, 4) is 0 Å². The zero-order valence-electron chi connectivity index (χ0n) is 26.7. The van der Waals surface area contributed by atoms with E-state index in [1.54, 1.807) is 12.1 Å². The Kier molecular flexibility index (Phi) is 9.76. The standard InChI is InChI=1S/C35H50FN5O2/c1-25(2)31-28-13-12-27(36)24-26(28)14-15-35(31,43-33(42)37-18-23-41-19-8-9-20-41)17-22-40(5)21-16-34(3,4)32-38-29-10-6-7-11-30(29)39-32/h6-7,10-13,24-25,31H,8-9,14-23H2,1-5H3,(H,37,42)(H,38,39)/t31?,35-/m0/s1. The molecule has 43 heavy (non-hydrogen) atoms. The van der Waals surface area contributed by atoms with Crippen molar-refractivity contribution in [2.24, 2.45) is 5.92 Å². The molecule has 2 aromatic carbocycles. The van der Waals surface area contributed by atoms with Gasteiger partial charge in [0, 0.05) is 37.4 Å². The van der Waals surface area contributed by atoms with E-state index in [2.05, 4.69) is 60.9 Å². The third kappa shape index (κ3) is 7.40. The van der Waals surface area contributed by atoms with E-state index in [-0.39, 0.29) is 29.2 Å². The molecule has 0 saturated carbocycles. The monoisotopic (exact) mass is 591 g/mol. The van der Waals surface area contributed by atoms with Crippen LogP contribution in [0.15, 0.2) is 42.5 Å². The largest absolute Gasteiger partial charge is 0.442 e. The average molecular weight is 592 g/mol. The van der Waals surface area contributed by atoms with Gasteiger partial charge < -0.3 is 24.8 Å². The number of aromatic amines is 1. The van der Waals surface area contributed by atoms with E-state index in [0.29, 0.717) is 25.8 Å². The molecule has 2 atom stereocenters. The van der Waals surface area contributed by atoms with Crippen LogP contribution in [-0.2, 0) is 16.6 Å². The fourth-order valence-corrected chi connectivity index (χ4v) is 7.19. The van der Waals surface area contributed by atoms with Crippen LogP contribution in [0.5, 0.6) is 0 Å². The third-order valence-corrected chi connectivity index (χ3v) is 9.75. The number of amides is 1. The number of nitrogens with one attached hydrogen (secondary N) is 2. The molecular weight excluding hydrogens is 541 g/mol. The molecule has 8 heteroatoms. The molecule has 1 aliphatic carbocycles. The van der Waals surface area contributed by atoms with E-state index in [1.165, 1.54) is 12.8 Å². The van der Waals surface area contributed by atoms with Crippen LogP contribution in [0.1, 0.15) is 82.7 Å². The maximum Gasteiger partial charge on any atom is 0.407 e. The second kappa shape index (κ2) is 13.3. The normalized spacial score (nSPS) is 21.1. The molecule has 1 aromatic heterocycles. The molecule has 1 unspecified atom stereocenters. The van der Waals surface area contributed by atoms with Gasteiger partial charge in [-0.05, 0) is 100 Å². The Labute approximate surface area is 256 Å². The zero-order valence-corrected chi connectivity index (χ0v) is 26.7. The number of ether oxygens (including phenoxy) is 1. The molecule has 1 amide bonds. The summed E-state index contributed by atoms with van der Waals surface area (Å²) in [6.45, 7) is 14.2. The number of aryl methyl sites for hydroxylation is 1. The minimum Gasteiger partial charge on any atom is -0.442 e. The first kappa shape index (κ1) is 31.5. The van der Waals surface area contributed by atoms with Gasteiger partial charge in [-0.15, -0.1) is 0 Å². The maximum atomic E-state index is 14.2. The Balaban J connectivity index is 1.28. The Bertz CT molecular complexity index is 1350. The molecule has 1 fully saturated rings. The van der Waals surface area contributed by atoms with E-state index in [4.69, 9.17) is 9.72 Å². The van der Waals surface area contributed by atoms with Crippen molar-refractivity contribution < 1.29 is 13.9 Å². The first-order valence-electron chi connectivity index (χ1n) is 16.2. The highest BCUT2D eigenvalue weighted by Crippen LogP contribution is 2.48. The minimum absolute atomic E-state index is 0.0124. The SMILES string of the molecule is CC(C)C1c2ccc(F)cc2CC[C@@]1(CCN(C)CCC(C)(C)c1nc2ccccc2[nH]1)OC(=O)NCCN1CCCC1. The Morgan fingerprint density at radius 3 is 2.72 bits per heavy atom. The lowest BCUT2D eigenvalue weighted by molar-refractivity contribution is -0.0444. The lowest BCUT2D eigenvalue weighted by Gasteiger charge is -2.47. The number of benzene rings is 2. The van der Waals surface area contributed by atoms with Crippen molar-refractivity contribution in [1.82, 2.24) is 25.1 Å². The molecule has 3 aromatic rings. The number of aromatic nitrogens is 2. The number of imidazole rings is 1. The summed E-state index contributed by atoms with van der Waals surface area (Å²) in [5.41, 5.74) is 3.42. The van der Waals surface area contributed by atoms with Gasteiger partial charge in [0.25, 0.3) is 0 Å². The van der Waals surface area contributed by atoms with Crippen LogP contribution in [0.4, 0.5) is 9.18 Å². The zero-order chi connectivity index (χ0) is 30.6. The highest BCUT2D eigenvalue weighted by atomic mass is 19.1. The third-order valence-electron chi connectivity index (χ3n) is 9.75. The molecule has 7 nitrogen and oxygen atoms in total.